The van der Waals surface area contributed by atoms with Gasteiger partial charge in [0, 0.05) is 36.6 Å². The smallest absolute Gasteiger partial charge is 0.229 e. The molecule has 1 saturated heterocycles. The van der Waals surface area contributed by atoms with E-state index in [0.717, 1.165) is 62.5 Å². The van der Waals surface area contributed by atoms with Crippen LogP contribution in [0, 0.1) is 11.3 Å². The predicted molar refractivity (Wildman–Crippen MR) is 124 cm³/mol. The van der Waals surface area contributed by atoms with Crippen LogP contribution in [0.2, 0.25) is 0 Å². The average Bonchev–Trinajstić information content (AvgIpc) is 3.15. The van der Waals surface area contributed by atoms with Crippen LogP contribution in [0.15, 0.2) is 30.3 Å². The number of benzene rings is 1. The van der Waals surface area contributed by atoms with Crippen molar-refractivity contribution in [3.8, 4) is 6.07 Å². The van der Waals surface area contributed by atoms with Gasteiger partial charge >= 0.3 is 0 Å². The molecule has 0 unspecified atom stereocenters. The zero-order chi connectivity index (χ0) is 19.1. The molecule has 1 atom stereocenters. The summed E-state index contributed by atoms with van der Waals surface area (Å²) in [7, 11) is 0. The Morgan fingerprint density at radius 3 is 2.76 bits per heavy atom. The van der Waals surface area contributed by atoms with E-state index in [1.807, 2.05) is 18.2 Å². The van der Waals surface area contributed by atoms with E-state index in [1.54, 1.807) is 6.07 Å². The van der Waals surface area contributed by atoms with Crippen molar-refractivity contribution in [3.63, 3.8) is 0 Å². The van der Waals surface area contributed by atoms with Gasteiger partial charge in [0.15, 0.2) is 0 Å². The van der Waals surface area contributed by atoms with Crippen LogP contribution >= 0.6 is 24.8 Å². The standard InChI is InChI=1S/C21H28N6.2ClH/c1-3-5-8-18-13-20(27-11-10-19(15-27)23-4-2)26-21(25-18)24-17-9-6-7-16(12-17)14-22;;/h6-7,9,12-13,19,23H,3-5,8,10-11,15H2,1-2H3,(H,24,25,26);2*1H/t19-;;/m0../s1. The SMILES string of the molecule is CCCCc1cc(N2CC[C@H](NCC)C2)nc(Nc2cccc(C#N)c2)n1.Cl.Cl. The van der Waals surface area contributed by atoms with Crippen molar-refractivity contribution < 1.29 is 0 Å². The average molecular weight is 437 g/mol. The van der Waals surface area contributed by atoms with Gasteiger partial charge in [-0.25, -0.2) is 4.98 Å². The maximum absolute atomic E-state index is 9.10. The third-order valence-corrected chi connectivity index (χ3v) is 4.80. The van der Waals surface area contributed by atoms with E-state index in [-0.39, 0.29) is 24.8 Å². The summed E-state index contributed by atoms with van der Waals surface area (Å²) in [6.07, 6.45) is 4.33. The van der Waals surface area contributed by atoms with Crippen molar-refractivity contribution in [2.45, 2.75) is 45.6 Å². The second kappa shape index (κ2) is 12.5. The number of hydrogen-bond donors (Lipinski definition) is 2. The Labute approximate surface area is 185 Å². The lowest BCUT2D eigenvalue weighted by atomic mass is 10.2. The number of halogens is 2. The monoisotopic (exact) mass is 436 g/mol. The van der Waals surface area contributed by atoms with Crippen LogP contribution in [-0.2, 0) is 6.42 Å². The molecular weight excluding hydrogens is 407 g/mol. The summed E-state index contributed by atoms with van der Waals surface area (Å²) in [5, 5.41) is 15.9. The molecule has 1 aliphatic rings. The summed E-state index contributed by atoms with van der Waals surface area (Å²) in [6, 6.07) is 12.2. The highest BCUT2D eigenvalue weighted by atomic mass is 35.5. The number of likely N-dealkylation sites (N-methyl/N-ethyl adjacent to an activating group) is 1. The molecule has 8 heteroatoms. The summed E-state index contributed by atoms with van der Waals surface area (Å²) >= 11 is 0. The van der Waals surface area contributed by atoms with E-state index in [0.29, 0.717) is 17.6 Å². The van der Waals surface area contributed by atoms with Crippen molar-refractivity contribution in [3.05, 3.63) is 41.6 Å². The first-order valence-electron chi connectivity index (χ1n) is 9.85. The first-order valence-corrected chi connectivity index (χ1v) is 9.85. The quantitative estimate of drug-likeness (QED) is 0.635. The van der Waals surface area contributed by atoms with Crippen LogP contribution in [0.1, 0.15) is 44.4 Å². The normalized spacial score (nSPS) is 15.2. The van der Waals surface area contributed by atoms with Gasteiger partial charge in [-0.15, -0.1) is 24.8 Å². The van der Waals surface area contributed by atoms with E-state index in [9.17, 15) is 0 Å². The summed E-state index contributed by atoms with van der Waals surface area (Å²) in [5.74, 6) is 1.58. The summed E-state index contributed by atoms with van der Waals surface area (Å²) in [6.45, 7) is 7.31. The molecule has 1 aromatic heterocycles. The molecule has 2 heterocycles. The lowest BCUT2D eigenvalue weighted by Gasteiger charge is -2.19. The Morgan fingerprint density at radius 2 is 2.03 bits per heavy atom. The number of aryl methyl sites for hydroxylation is 1. The van der Waals surface area contributed by atoms with Crippen molar-refractivity contribution in [2.24, 2.45) is 0 Å². The maximum atomic E-state index is 9.10. The Balaban J connectivity index is 0.00000210. The van der Waals surface area contributed by atoms with Crippen LogP contribution in [0.3, 0.4) is 0 Å². The van der Waals surface area contributed by atoms with Crippen LogP contribution in [0.25, 0.3) is 0 Å². The summed E-state index contributed by atoms with van der Waals surface area (Å²) in [5.41, 5.74) is 2.52. The number of nitriles is 1. The molecule has 6 nitrogen and oxygen atoms in total. The Bertz CT molecular complexity index is 808. The number of hydrogen-bond acceptors (Lipinski definition) is 6. The molecule has 2 aromatic rings. The fourth-order valence-corrected chi connectivity index (χ4v) is 3.41. The fraction of sp³-hybridized carbons (Fsp3) is 0.476. The minimum absolute atomic E-state index is 0. The number of unbranched alkanes of at least 4 members (excludes halogenated alkanes) is 1. The van der Waals surface area contributed by atoms with Gasteiger partial charge in [-0.1, -0.05) is 26.3 Å². The van der Waals surface area contributed by atoms with Crippen molar-refractivity contribution >= 4 is 42.3 Å². The molecule has 0 amide bonds. The number of rotatable bonds is 8. The number of aromatic nitrogens is 2. The van der Waals surface area contributed by atoms with Gasteiger partial charge in [0.25, 0.3) is 0 Å². The van der Waals surface area contributed by atoms with Crippen molar-refractivity contribution in [1.82, 2.24) is 15.3 Å². The number of anilines is 3. The molecule has 0 aliphatic carbocycles. The number of nitrogens with zero attached hydrogens (tertiary/aromatic N) is 4. The Kier molecular flexibility index (Phi) is 10.7. The van der Waals surface area contributed by atoms with Crippen LogP contribution in [0.4, 0.5) is 17.5 Å². The van der Waals surface area contributed by atoms with E-state index in [1.165, 1.54) is 0 Å². The molecule has 158 valence electrons. The highest BCUT2D eigenvalue weighted by Gasteiger charge is 2.23. The maximum Gasteiger partial charge on any atom is 0.229 e. The van der Waals surface area contributed by atoms with Gasteiger partial charge in [0.1, 0.15) is 5.82 Å². The van der Waals surface area contributed by atoms with Gasteiger partial charge in [0.05, 0.1) is 11.6 Å². The molecule has 2 N–H and O–H groups in total. The molecule has 1 aliphatic heterocycles. The molecule has 0 bridgehead atoms. The van der Waals surface area contributed by atoms with Crippen LogP contribution in [0.5, 0.6) is 0 Å². The Hall–Kier alpha value is -2.07. The van der Waals surface area contributed by atoms with Crippen LogP contribution in [-0.4, -0.2) is 35.6 Å². The van der Waals surface area contributed by atoms with Crippen molar-refractivity contribution in [2.75, 3.05) is 29.9 Å². The Morgan fingerprint density at radius 1 is 1.21 bits per heavy atom. The fourth-order valence-electron chi connectivity index (χ4n) is 3.41. The first-order chi connectivity index (χ1) is 13.2. The van der Waals surface area contributed by atoms with Gasteiger partial charge in [0.2, 0.25) is 5.95 Å². The largest absolute Gasteiger partial charge is 0.355 e. The topological polar surface area (TPSA) is 76.9 Å². The van der Waals surface area contributed by atoms with Gasteiger partial charge in [-0.3, -0.25) is 0 Å². The minimum atomic E-state index is 0. The molecule has 1 fully saturated rings. The highest BCUT2D eigenvalue weighted by Crippen LogP contribution is 2.23. The molecule has 1 aromatic carbocycles. The van der Waals surface area contributed by atoms with Crippen molar-refractivity contribution in [1.29, 1.82) is 5.26 Å². The molecule has 29 heavy (non-hydrogen) atoms. The highest BCUT2D eigenvalue weighted by molar-refractivity contribution is 5.85. The van der Waals surface area contributed by atoms with E-state index in [2.05, 4.69) is 41.5 Å². The molecule has 0 spiro atoms. The van der Waals surface area contributed by atoms with Crippen LogP contribution < -0.4 is 15.5 Å². The lowest BCUT2D eigenvalue weighted by molar-refractivity contribution is 0.571. The van der Waals surface area contributed by atoms with Gasteiger partial charge in [-0.2, -0.15) is 10.2 Å². The molecule has 0 saturated carbocycles. The third kappa shape index (κ3) is 7.04. The van der Waals surface area contributed by atoms with Gasteiger partial charge < -0.3 is 15.5 Å². The lowest BCUT2D eigenvalue weighted by Crippen LogP contribution is -2.32. The zero-order valence-electron chi connectivity index (χ0n) is 17.0. The van der Waals surface area contributed by atoms with E-state index < -0.39 is 0 Å². The minimum Gasteiger partial charge on any atom is -0.355 e. The van der Waals surface area contributed by atoms with E-state index in [4.69, 9.17) is 15.2 Å². The predicted octanol–water partition coefficient (Wildman–Crippen LogP) is 4.47. The molecular formula is C21H30Cl2N6. The summed E-state index contributed by atoms with van der Waals surface area (Å²) in [4.78, 5) is 11.8. The molecule has 0 radical (unpaired) electrons. The zero-order valence-corrected chi connectivity index (χ0v) is 18.7. The third-order valence-electron chi connectivity index (χ3n) is 4.80. The first kappa shape index (κ1) is 25.0. The second-order valence-corrected chi connectivity index (χ2v) is 6.95. The number of nitrogens with one attached hydrogen (secondary N) is 2. The van der Waals surface area contributed by atoms with E-state index >= 15 is 0 Å². The molecule has 3 rings (SSSR count). The van der Waals surface area contributed by atoms with Gasteiger partial charge in [-0.05, 0) is 44.0 Å². The summed E-state index contributed by atoms with van der Waals surface area (Å²) < 4.78 is 0. The second-order valence-electron chi connectivity index (χ2n) is 6.95.